The van der Waals surface area contributed by atoms with Gasteiger partial charge in [0.25, 0.3) is 15.9 Å². The minimum absolute atomic E-state index is 0.0114. The van der Waals surface area contributed by atoms with Crippen LogP contribution in [0.2, 0.25) is 0 Å². The van der Waals surface area contributed by atoms with Gasteiger partial charge in [0, 0.05) is 30.3 Å². The topological polar surface area (TPSA) is 143 Å². The van der Waals surface area contributed by atoms with Crippen LogP contribution in [0, 0.1) is 17.8 Å². The van der Waals surface area contributed by atoms with Crippen molar-refractivity contribution < 1.29 is 31.5 Å². The second-order valence-electron chi connectivity index (χ2n) is 16.7. The van der Waals surface area contributed by atoms with E-state index in [2.05, 4.69) is 41.0 Å². The molecule has 4 aromatic rings. The third-order valence-electron chi connectivity index (χ3n) is 9.47. The van der Waals surface area contributed by atoms with Gasteiger partial charge in [0.15, 0.2) is 5.03 Å². The van der Waals surface area contributed by atoms with Crippen LogP contribution in [0.15, 0.2) is 78.0 Å². The van der Waals surface area contributed by atoms with Gasteiger partial charge < -0.3 is 15.0 Å². The molecule has 0 saturated carbocycles. The number of rotatable bonds is 11. The maximum atomic E-state index is 14.8. The van der Waals surface area contributed by atoms with Crippen molar-refractivity contribution in [3.63, 3.8) is 0 Å². The summed E-state index contributed by atoms with van der Waals surface area (Å²) in [5.74, 6) is -3.51. The van der Waals surface area contributed by atoms with Crippen molar-refractivity contribution in [3.8, 4) is 0 Å². The van der Waals surface area contributed by atoms with Crippen LogP contribution in [0.4, 0.5) is 19.4 Å². The molecule has 14 heteroatoms. The number of carbonyl (C=O) groups excluding carboxylic acids is 2. The summed E-state index contributed by atoms with van der Waals surface area (Å²) in [4.78, 5) is 40.3. The zero-order valence-corrected chi connectivity index (χ0v) is 33.4. The number of hydrogen-bond acceptors (Lipinski definition) is 9. The van der Waals surface area contributed by atoms with Gasteiger partial charge in [-0.15, -0.1) is 0 Å². The second-order valence-corrected chi connectivity index (χ2v) is 18.3. The molecule has 4 heterocycles. The molecule has 1 aliphatic heterocycles. The second kappa shape index (κ2) is 16.0. The van der Waals surface area contributed by atoms with Crippen molar-refractivity contribution in [2.75, 3.05) is 11.9 Å². The number of nitrogens with zero attached hydrogens (tertiary/aromatic N) is 4. The van der Waals surface area contributed by atoms with Crippen molar-refractivity contribution in [1.29, 1.82) is 0 Å². The molecule has 0 spiro atoms. The number of anilines is 1. The molecule has 1 saturated heterocycles. The van der Waals surface area contributed by atoms with Crippen molar-refractivity contribution in [3.05, 3.63) is 113 Å². The molecule has 1 aromatic carbocycles. The third kappa shape index (κ3) is 10.6. The van der Waals surface area contributed by atoms with Crippen LogP contribution in [-0.4, -0.2) is 58.0 Å². The van der Waals surface area contributed by atoms with E-state index in [1.807, 2.05) is 51.5 Å². The number of sulfonamides is 1. The van der Waals surface area contributed by atoms with Crippen LogP contribution in [0.1, 0.15) is 113 Å². The number of amides is 2. The summed E-state index contributed by atoms with van der Waals surface area (Å²) < 4.78 is 63.8. The Hall–Kier alpha value is -4.98. The number of pyridine rings is 3. The number of aromatic nitrogens is 3. The molecule has 1 aliphatic rings. The Labute approximate surface area is 322 Å². The van der Waals surface area contributed by atoms with Gasteiger partial charge in [0.05, 0.1) is 17.3 Å². The van der Waals surface area contributed by atoms with Crippen molar-refractivity contribution >= 4 is 27.8 Å². The predicted octanol–water partition coefficient (Wildman–Crippen LogP) is 8.13. The highest BCUT2D eigenvalue weighted by Gasteiger charge is 2.43. The fourth-order valence-corrected chi connectivity index (χ4v) is 7.62. The standard InChI is InChI=1S/C41H50F2N6O5S/c1-39(2,3)29-19-20-44-32(23-29)31(18-17-27-24-41(7,8)49(25-27)38(51)54-40(4,5)6)45-33-15-12-16-34(46-33)55(52,53)48-37(50)30-22-28(35(42)47-36(30)43)21-26-13-10-9-11-14-26/h9-16,19-20,22-23,27,31H,17-18,21,24-25H2,1-8H3,(H,45,46)(H,48,50)/t27-,31?/m0/s1. The molecule has 2 atom stereocenters. The largest absolute Gasteiger partial charge is 0.444 e. The Balaban J connectivity index is 1.36. The first-order valence-electron chi connectivity index (χ1n) is 18.3. The number of halogens is 2. The molecule has 0 aliphatic carbocycles. The highest BCUT2D eigenvalue weighted by atomic mass is 32.2. The molecule has 294 valence electrons. The number of carbonyl (C=O) groups is 2. The minimum atomic E-state index is -4.62. The van der Waals surface area contributed by atoms with E-state index in [1.165, 1.54) is 12.1 Å². The molecule has 11 nitrogen and oxygen atoms in total. The Bertz CT molecular complexity index is 2140. The molecule has 3 aromatic heterocycles. The maximum Gasteiger partial charge on any atom is 0.410 e. The van der Waals surface area contributed by atoms with Crippen LogP contribution in [0.3, 0.4) is 0 Å². The summed E-state index contributed by atoms with van der Waals surface area (Å²) in [6.45, 7) is 16.4. The monoisotopic (exact) mass is 776 g/mol. The molecule has 1 fully saturated rings. The van der Waals surface area contributed by atoms with E-state index in [-0.39, 0.29) is 35.2 Å². The highest BCUT2D eigenvalue weighted by molar-refractivity contribution is 7.90. The van der Waals surface area contributed by atoms with Gasteiger partial charge in [0.1, 0.15) is 11.4 Å². The lowest BCUT2D eigenvalue weighted by Gasteiger charge is -2.33. The van der Waals surface area contributed by atoms with E-state index in [0.29, 0.717) is 24.9 Å². The highest BCUT2D eigenvalue weighted by Crippen LogP contribution is 2.38. The first-order chi connectivity index (χ1) is 25.6. The molecular formula is C41H50F2N6O5S. The van der Waals surface area contributed by atoms with Gasteiger partial charge in [0.2, 0.25) is 11.9 Å². The zero-order valence-electron chi connectivity index (χ0n) is 32.6. The van der Waals surface area contributed by atoms with E-state index in [9.17, 15) is 26.8 Å². The van der Waals surface area contributed by atoms with Crippen molar-refractivity contribution in [2.24, 2.45) is 5.92 Å². The first kappa shape index (κ1) is 41.2. The van der Waals surface area contributed by atoms with E-state index in [1.54, 1.807) is 47.5 Å². The smallest absolute Gasteiger partial charge is 0.410 e. The number of likely N-dealkylation sites (tertiary alicyclic amines) is 1. The minimum Gasteiger partial charge on any atom is -0.444 e. The summed E-state index contributed by atoms with van der Waals surface area (Å²) >= 11 is 0. The Morgan fingerprint density at radius 2 is 1.67 bits per heavy atom. The third-order valence-corrected chi connectivity index (χ3v) is 10.7. The Morgan fingerprint density at radius 1 is 0.964 bits per heavy atom. The van der Waals surface area contributed by atoms with E-state index in [0.717, 1.165) is 23.7 Å². The summed E-state index contributed by atoms with van der Waals surface area (Å²) in [7, 11) is -4.62. The van der Waals surface area contributed by atoms with Gasteiger partial charge in [-0.05, 0) is 107 Å². The number of nitrogens with one attached hydrogen (secondary N) is 2. The molecule has 0 radical (unpaired) electrons. The van der Waals surface area contributed by atoms with E-state index >= 15 is 0 Å². The summed E-state index contributed by atoms with van der Waals surface area (Å²) in [6.07, 6.45) is 3.44. The molecule has 55 heavy (non-hydrogen) atoms. The molecule has 2 amide bonds. The fraction of sp³-hybridized carbons (Fsp3) is 0.439. The molecule has 0 bridgehead atoms. The van der Waals surface area contributed by atoms with Gasteiger partial charge in [-0.25, -0.2) is 14.5 Å². The van der Waals surface area contributed by atoms with Crippen LogP contribution in [0.5, 0.6) is 0 Å². The molecule has 1 unspecified atom stereocenters. The van der Waals surface area contributed by atoms with Crippen LogP contribution >= 0.6 is 0 Å². The van der Waals surface area contributed by atoms with Gasteiger partial charge in [-0.1, -0.05) is 57.2 Å². The van der Waals surface area contributed by atoms with Gasteiger partial charge >= 0.3 is 6.09 Å². The van der Waals surface area contributed by atoms with E-state index in [4.69, 9.17) is 4.74 Å². The molecular weight excluding hydrogens is 727 g/mol. The zero-order chi connectivity index (χ0) is 40.3. The summed E-state index contributed by atoms with van der Waals surface area (Å²) in [5.41, 5.74) is 0.469. The molecule has 2 N–H and O–H groups in total. The number of ether oxygens (including phenoxy) is 1. The normalized spacial score (nSPS) is 16.4. The molecule has 5 rings (SSSR count). The quantitative estimate of drug-likeness (QED) is 0.144. The SMILES string of the molecule is CC(C)(C)OC(=O)N1C[C@@H](CCC(Nc2cccc(S(=O)(=O)NC(=O)c3cc(Cc4ccccc4)c(F)nc3F)n2)c2cc(C(C)(C)C)ccn2)CC1(C)C. The van der Waals surface area contributed by atoms with Crippen molar-refractivity contribution in [1.82, 2.24) is 24.6 Å². The lowest BCUT2D eigenvalue weighted by atomic mass is 9.86. The fourth-order valence-electron chi connectivity index (χ4n) is 6.68. The predicted molar refractivity (Wildman–Crippen MR) is 206 cm³/mol. The lowest BCUT2D eigenvalue weighted by Crippen LogP contribution is -2.45. The maximum absolute atomic E-state index is 14.8. The van der Waals surface area contributed by atoms with Gasteiger partial charge in [-0.2, -0.15) is 22.2 Å². The van der Waals surface area contributed by atoms with Crippen LogP contribution in [-0.2, 0) is 26.6 Å². The number of hydrogen-bond donors (Lipinski definition) is 2. The van der Waals surface area contributed by atoms with Crippen LogP contribution in [0.25, 0.3) is 0 Å². The van der Waals surface area contributed by atoms with Crippen LogP contribution < -0.4 is 10.0 Å². The summed E-state index contributed by atoms with van der Waals surface area (Å²) in [6, 6.07) is 17.6. The Morgan fingerprint density at radius 3 is 2.35 bits per heavy atom. The number of benzene rings is 1. The van der Waals surface area contributed by atoms with Crippen molar-refractivity contribution in [2.45, 2.75) is 109 Å². The summed E-state index contributed by atoms with van der Waals surface area (Å²) in [5, 5.41) is 2.87. The first-order valence-corrected chi connectivity index (χ1v) is 19.8. The van der Waals surface area contributed by atoms with E-state index < -0.39 is 55.6 Å². The Kier molecular flexibility index (Phi) is 12.0. The average molecular weight is 777 g/mol. The lowest BCUT2D eigenvalue weighted by molar-refractivity contribution is 0.0130. The van der Waals surface area contributed by atoms with Gasteiger partial charge in [-0.3, -0.25) is 9.78 Å². The average Bonchev–Trinajstić information content (AvgIpc) is 3.41.